The van der Waals surface area contributed by atoms with Gasteiger partial charge in [0.25, 0.3) is 10.0 Å². The zero-order chi connectivity index (χ0) is 23.7. The fraction of sp³-hybridized carbons (Fsp3) is 0.0500. The topological polar surface area (TPSA) is 92.7 Å². The summed E-state index contributed by atoms with van der Waals surface area (Å²) < 4.78 is 72.6. The Morgan fingerprint density at radius 1 is 0.969 bits per heavy atom. The van der Waals surface area contributed by atoms with Gasteiger partial charge in [0.15, 0.2) is 5.75 Å². The molecule has 3 aromatic rings. The molecule has 0 heterocycles. The van der Waals surface area contributed by atoms with Crippen LogP contribution in [0.4, 0.5) is 18.9 Å². The lowest BCUT2D eigenvalue weighted by molar-refractivity contribution is -0.137. The second kappa shape index (κ2) is 8.89. The number of carboxylic acids is 1. The normalized spacial score (nSPS) is 11.8. The van der Waals surface area contributed by atoms with Gasteiger partial charge in [-0.3, -0.25) is 4.72 Å². The van der Waals surface area contributed by atoms with Crippen molar-refractivity contribution >= 4 is 44.9 Å². The van der Waals surface area contributed by atoms with Gasteiger partial charge in [-0.2, -0.15) is 13.2 Å². The van der Waals surface area contributed by atoms with E-state index in [1.165, 1.54) is 42.5 Å². The molecular weight excluding hydrogens is 494 g/mol. The smallest absolute Gasteiger partial charge is 0.417 e. The zero-order valence-corrected chi connectivity index (χ0v) is 18.0. The molecule has 32 heavy (non-hydrogen) atoms. The molecule has 6 nitrogen and oxygen atoms in total. The molecule has 3 aromatic carbocycles. The maximum atomic E-state index is 13.1. The maximum absolute atomic E-state index is 13.1. The molecule has 0 saturated heterocycles. The lowest BCUT2D eigenvalue weighted by Crippen LogP contribution is -2.15. The van der Waals surface area contributed by atoms with Crippen LogP contribution in [0.15, 0.2) is 65.6 Å². The van der Waals surface area contributed by atoms with E-state index in [4.69, 9.17) is 33.0 Å². The van der Waals surface area contributed by atoms with Crippen molar-refractivity contribution in [1.29, 1.82) is 0 Å². The number of benzene rings is 3. The Morgan fingerprint density at radius 3 is 2.22 bits per heavy atom. The van der Waals surface area contributed by atoms with E-state index in [0.29, 0.717) is 6.07 Å². The van der Waals surface area contributed by atoms with E-state index in [1.54, 1.807) is 0 Å². The van der Waals surface area contributed by atoms with Gasteiger partial charge in [0, 0.05) is 5.02 Å². The van der Waals surface area contributed by atoms with Crippen LogP contribution in [-0.2, 0) is 16.2 Å². The van der Waals surface area contributed by atoms with Crippen molar-refractivity contribution in [1.82, 2.24) is 0 Å². The molecule has 12 heteroatoms. The molecule has 0 aliphatic carbocycles. The first kappa shape index (κ1) is 23.7. The van der Waals surface area contributed by atoms with E-state index in [0.717, 1.165) is 12.1 Å². The van der Waals surface area contributed by atoms with Crippen molar-refractivity contribution < 1.29 is 36.2 Å². The number of aromatic carboxylic acids is 1. The number of nitrogens with one attached hydrogen (secondary N) is 1. The summed E-state index contributed by atoms with van der Waals surface area (Å²) in [6, 6.07) is 11.4. The standard InChI is InChI=1S/C20H12Cl2F3NO5S/c21-12-3-8-18(31-13-4-1-11(2-5-13)19(27)28)17(9-12)26-32(29,30)14-6-7-16(22)15(10-14)20(23,24)25/h1-10,26H,(H,27,28). The lowest BCUT2D eigenvalue weighted by Gasteiger charge is -2.15. The van der Waals surface area contributed by atoms with E-state index in [9.17, 15) is 26.4 Å². The summed E-state index contributed by atoms with van der Waals surface area (Å²) in [4.78, 5) is 10.3. The van der Waals surface area contributed by atoms with Crippen molar-refractivity contribution in [2.24, 2.45) is 0 Å². The van der Waals surface area contributed by atoms with Gasteiger partial charge in [0.2, 0.25) is 0 Å². The maximum Gasteiger partial charge on any atom is 0.417 e. The molecule has 0 spiro atoms. The molecule has 0 radical (unpaired) electrons. The molecule has 0 unspecified atom stereocenters. The monoisotopic (exact) mass is 505 g/mol. The van der Waals surface area contributed by atoms with Crippen LogP contribution in [0.25, 0.3) is 0 Å². The molecule has 0 saturated carbocycles. The molecule has 0 aliphatic heterocycles. The molecule has 2 N–H and O–H groups in total. The van der Waals surface area contributed by atoms with Gasteiger partial charge in [-0.25, -0.2) is 13.2 Å². The Kier molecular flexibility index (Phi) is 6.59. The lowest BCUT2D eigenvalue weighted by atomic mass is 10.2. The molecule has 3 rings (SSSR count). The van der Waals surface area contributed by atoms with E-state index >= 15 is 0 Å². The van der Waals surface area contributed by atoms with Gasteiger partial charge in [-0.05, 0) is 60.7 Å². The zero-order valence-electron chi connectivity index (χ0n) is 15.7. The predicted octanol–water partition coefficient (Wildman–Crippen LogP) is 6.30. The summed E-state index contributed by atoms with van der Waals surface area (Å²) in [6.45, 7) is 0. The highest BCUT2D eigenvalue weighted by atomic mass is 35.5. The highest BCUT2D eigenvalue weighted by Crippen LogP contribution is 2.37. The first-order valence-corrected chi connectivity index (χ1v) is 10.8. The fourth-order valence-corrected chi connectivity index (χ4v) is 4.04. The van der Waals surface area contributed by atoms with E-state index in [-0.39, 0.29) is 27.8 Å². The van der Waals surface area contributed by atoms with Crippen LogP contribution < -0.4 is 9.46 Å². The van der Waals surface area contributed by atoms with Crippen molar-refractivity contribution in [3.05, 3.63) is 81.8 Å². The van der Waals surface area contributed by atoms with Gasteiger partial charge >= 0.3 is 12.1 Å². The van der Waals surface area contributed by atoms with Gasteiger partial charge in [-0.15, -0.1) is 0 Å². The first-order chi connectivity index (χ1) is 14.9. The minimum atomic E-state index is -4.85. The number of anilines is 1. The third kappa shape index (κ3) is 5.45. The molecule has 0 aromatic heterocycles. The van der Waals surface area contributed by atoms with Crippen molar-refractivity contribution in [2.75, 3.05) is 4.72 Å². The number of sulfonamides is 1. The fourth-order valence-electron chi connectivity index (χ4n) is 2.56. The number of carboxylic acid groups (broad SMARTS) is 1. The number of rotatable bonds is 6. The number of ether oxygens (including phenoxy) is 1. The molecule has 0 atom stereocenters. The first-order valence-electron chi connectivity index (χ1n) is 8.57. The molecule has 0 amide bonds. The minimum Gasteiger partial charge on any atom is -0.478 e. The van der Waals surface area contributed by atoms with Crippen LogP contribution in [0.2, 0.25) is 10.0 Å². The predicted molar refractivity (Wildman–Crippen MR) is 112 cm³/mol. The van der Waals surface area contributed by atoms with Crippen molar-refractivity contribution in [3.63, 3.8) is 0 Å². The highest BCUT2D eigenvalue weighted by Gasteiger charge is 2.34. The van der Waals surface area contributed by atoms with E-state index in [2.05, 4.69) is 4.72 Å². The van der Waals surface area contributed by atoms with Crippen LogP contribution in [-0.4, -0.2) is 19.5 Å². The van der Waals surface area contributed by atoms with Crippen LogP contribution in [0.5, 0.6) is 11.5 Å². The molecule has 0 bridgehead atoms. The third-order valence-electron chi connectivity index (χ3n) is 4.07. The van der Waals surface area contributed by atoms with Gasteiger partial charge in [0.1, 0.15) is 5.75 Å². The van der Waals surface area contributed by atoms with Gasteiger partial charge < -0.3 is 9.84 Å². The number of alkyl halides is 3. The van der Waals surface area contributed by atoms with Crippen molar-refractivity contribution in [2.45, 2.75) is 11.1 Å². The van der Waals surface area contributed by atoms with Crippen LogP contribution in [0.1, 0.15) is 15.9 Å². The summed E-state index contributed by atoms with van der Waals surface area (Å²) in [5.41, 5.74) is -1.44. The summed E-state index contributed by atoms with van der Waals surface area (Å²) in [5, 5.41) is 8.43. The largest absolute Gasteiger partial charge is 0.478 e. The molecule has 0 aliphatic rings. The quantitative estimate of drug-likeness (QED) is 0.409. The Balaban J connectivity index is 1.95. The average Bonchev–Trinajstić information content (AvgIpc) is 2.69. The second-order valence-electron chi connectivity index (χ2n) is 6.32. The summed E-state index contributed by atoms with van der Waals surface area (Å²) in [7, 11) is -4.49. The van der Waals surface area contributed by atoms with Gasteiger partial charge in [-0.1, -0.05) is 23.2 Å². The highest BCUT2D eigenvalue weighted by molar-refractivity contribution is 7.92. The van der Waals surface area contributed by atoms with Crippen LogP contribution in [0, 0.1) is 0 Å². The number of halogens is 5. The SMILES string of the molecule is O=C(O)c1ccc(Oc2ccc(Cl)cc2NS(=O)(=O)c2ccc(Cl)c(C(F)(F)F)c2)cc1. The molecule has 0 fully saturated rings. The van der Waals surface area contributed by atoms with Gasteiger partial charge in [0.05, 0.1) is 26.7 Å². The minimum absolute atomic E-state index is 0.0117. The Morgan fingerprint density at radius 2 is 1.62 bits per heavy atom. The van der Waals surface area contributed by atoms with Crippen molar-refractivity contribution in [3.8, 4) is 11.5 Å². The van der Waals surface area contributed by atoms with E-state index in [1.807, 2.05) is 0 Å². The number of hydrogen-bond acceptors (Lipinski definition) is 4. The summed E-state index contributed by atoms with van der Waals surface area (Å²) >= 11 is 11.5. The number of hydrogen-bond donors (Lipinski definition) is 2. The third-order valence-corrected chi connectivity index (χ3v) is 6.00. The second-order valence-corrected chi connectivity index (χ2v) is 8.84. The molecule has 168 valence electrons. The Labute approximate surface area is 190 Å². The molecular formula is C20H12Cl2F3NO5S. The average molecular weight is 506 g/mol. The van der Waals surface area contributed by atoms with E-state index < -0.39 is 37.7 Å². The summed E-state index contributed by atoms with van der Waals surface area (Å²) in [6.07, 6.45) is -4.85. The Bertz CT molecular complexity index is 1280. The van der Waals surface area contributed by atoms with Crippen LogP contribution in [0.3, 0.4) is 0 Å². The van der Waals surface area contributed by atoms with Crippen LogP contribution >= 0.6 is 23.2 Å². The summed E-state index contributed by atoms with van der Waals surface area (Å²) in [5.74, 6) is -0.979. The number of carbonyl (C=O) groups is 1. The Hall–Kier alpha value is -2.95.